The smallest absolute Gasteiger partial charge is 0.269 e. The highest BCUT2D eigenvalue weighted by Crippen LogP contribution is 2.31. The van der Waals surface area contributed by atoms with E-state index in [2.05, 4.69) is 0 Å². The zero-order valence-electron chi connectivity index (χ0n) is 14.1. The molecule has 1 amide bonds. The lowest BCUT2D eigenvalue weighted by atomic mass is 10.2. The third kappa shape index (κ3) is 4.63. The van der Waals surface area contributed by atoms with Gasteiger partial charge in [0.25, 0.3) is 5.69 Å². The van der Waals surface area contributed by atoms with E-state index in [-0.39, 0.29) is 17.3 Å². The van der Waals surface area contributed by atoms with Gasteiger partial charge in [0.1, 0.15) is 0 Å². The highest BCUT2D eigenvalue weighted by molar-refractivity contribution is 8.00. The lowest BCUT2D eigenvalue weighted by Gasteiger charge is -2.19. The van der Waals surface area contributed by atoms with E-state index in [1.807, 2.05) is 0 Å². The fraction of sp³-hybridized carbons (Fsp3) is 0.235. The van der Waals surface area contributed by atoms with Crippen LogP contribution in [0.15, 0.2) is 47.4 Å². The number of ether oxygens (including phenoxy) is 2. The number of carbonyl (C=O) groups is 1. The average Bonchev–Trinajstić information content (AvgIpc) is 2.65. The summed E-state index contributed by atoms with van der Waals surface area (Å²) < 4.78 is 10.4. The first-order valence-corrected chi connectivity index (χ1v) is 8.30. The number of nitro groups is 1. The maximum Gasteiger partial charge on any atom is 0.269 e. The lowest BCUT2D eigenvalue weighted by Crippen LogP contribution is -2.27. The molecular formula is C17H18N2O5S. The Kier molecular flexibility index (Phi) is 6.24. The summed E-state index contributed by atoms with van der Waals surface area (Å²) in [4.78, 5) is 24.9. The number of nitro benzene ring substituents is 1. The number of rotatable bonds is 7. The Morgan fingerprint density at radius 3 is 2.32 bits per heavy atom. The summed E-state index contributed by atoms with van der Waals surface area (Å²) >= 11 is 1.32. The molecule has 0 aromatic heterocycles. The summed E-state index contributed by atoms with van der Waals surface area (Å²) in [7, 11) is 4.76. The molecule has 0 aliphatic rings. The Hall–Kier alpha value is -2.74. The van der Waals surface area contributed by atoms with Gasteiger partial charge in [0.05, 0.1) is 24.9 Å². The predicted octanol–water partition coefficient (Wildman–Crippen LogP) is 3.37. The summed E-state index contributed by atoms with van der Waals surface area (Å²) in [5.41, 5.74) is 0.713. The first-order chi connectivity index (χ1) is 12.0. The molecule has 0 saturated heterocycles. The number of carbonyl (C=O) groups excluding carboxylic acids is 1. The standard InChI is InChI=1S/C17H18N2O5S/c1-18(13-6-9-15(23-2)16(10-13)24-3)17(20)11-25-14-7-4-12(5-8-14)19(21)22/h4-10H,11H2,1-3H3. The van der Waals surface area contributed by atoms with Crippen LogP contribution in [0.25, 0.3) is 0 Å². The fourth-order valence-corrected chi connectivity index (χ4v) is 2.90. The van der Waals surface area contributed by atoms with Gasteiger partial charge in [0, 0.05) is 35.8 Å². The Morgan fingerprint density at radius 1 is 1.12 bits per heavy atom. The molecule has 0 bridgehead atoms. The van der Waals surface area contributed by atoms with Gasteiger partial charge < -0.3 is 14.4 Å². The van der Waals surface area contributed by atoms with Crippen LogP contribution in [-0.4, -0.2) is 37.9 Å². The van der Waals surface area contributed by atoms with Crippen molar-refractivity contribution in [2.45, 2.75) is 4.90 Å². The maximum atomic E-state index is 12.4. The van der Waals surface area contributed by atoms with Crippen LogP contribution in [0.5, 0.6) is 11.5 Å². The Bertz CT molecular complexity index is 764. The number of nitrogens with zero attached hydrogens (tertiary/aromatic N) is 2. The van der Waals surface area contributed by atoms with Crippen molar-refractivity contribution in [2.75, 3.05) is 31.9 Å². The summed E-state index contributed by atoms with van der Waals surface area (Å²) in [6, 6.07) is 11.3. The highest BCUT2D eigenvalue weighted by atomic mass is 32.2. The largest absolute Gasteiger partial charge is 0.493 e. The summed E-state index contributed by atoms with van der Waals surface area (Å²) in [6.07, 6.45) is 0. The van der Waals surface area contributed by atoms with Crippen LogP contribution in [0.1, 0.15) is 0 Å². The van der Waals surface area contributed by atoms with Gasteiger partial charge in [0.2, 0.25) is 5.91 Å². The van der Waals surface area contributed by atoms with Gasteiger partial charge in [-0.2, -0.15) is 0 Å². The van der Waals surface area contributed by atoms with Gasteiger partial charge in [-0.15, -0.1) is 11.8 Å². The quantitative estimate of drug-likeness (QED) is 0.427. The molecule has 0 saturated carbocycles. The second-order valence-corrected chi connectivity index (χ2v) is 6.08. The van der Waals surface area contributed by atoms with Crippen molar-refractivity contribution in [3.63, 3.8) is 0 Å². The first-order valence-electron chi connectivity index (χ1n) is 7.32. The van der Waals surface area contributed by atoms with Crippen molar-refractivity contribution in [3.8, 4) is 11.5 Å². The number of methoxy groups -OCH3 is 2. The van der Waals surface area contributed by atoms with Crippen LogP contribution < -0.4 is 14.4 Å². The molecule has 0 heterocycles. The summed E-state index contributed by atoms with van der Waals surface area (Å²) in [6.45, 7) is 0. The Balaban J connectivity index is 2.01. The number of benzene rings is 2. The zero-order chi connectivity index (χ0) is 18.4. The van der Waals surface area contributed by atoms with Crippen molar-refractivity contribution >= 4 is 29.0 Å². The van der Waals surface area contributed by atoms with E-state index in [1.165, 1.54) is 35.9 Å². The Morgan fingerprint density at radius 2 is 1.76 bits per heavy atom. The first kappa shape index (κ1) is 18.6. The van der Waals surface area contributed by atoms with Gasteiger partial charge in [-0.05, 0) is 24.3 Å². The molecule has 2 aromatic rings. The molecule has 132 valence electrons. The van der Waals surface area contributed by atoms with Gasteiger partial charge in [-0.1, -0.05) is 0 Å². The van der Waals surface area contributed by atoms with Crippen molar-refractivity contribution in [1.29, 1.82) is 0 Å². The molecule has 25 heavy (non-hydrogen) atoms. The van der Waals surface area contributed by atoms with Crippen LogP contribution in [-0.2, 0) is 4.79 Å². The molecule has 2 rings (SSSR count). The maximum absolute atomic E-state index is 12.4. The molecule has 0 fully saturated rings. The van der Waals surface area contributed by atoms with Crippen LogP contribution in [0.3, 0.4) is 0 Å². The highest BCUT2D eigenvalue weighted by Gasteiger charge is 2.14. The van der Waals surface area contributed by atoms with E-state index in [0.29, 0.717) is 17.2 Å². The zero-order valence-corrected chi connectivity index (χ0v) is 14.9. The third-order valence-corrected chi connectivity index (χ3v) is 4.54. The number of thioether (sulfide) groups is 1. The van der Waals surface area contributed by atoms with Crippen molar-refractivity contribution in [2.24, 2.45) is 0 Å². The van der Waals surface area contributed by atoms with E-state index in [0.717, 1.165) is 4.90 Å². The van der Waals surface area contributed by atoms with Gasteiger partial charge in [-0.25, -0.2) is 0 Å². The molecule has 0 N–H and O–H groups in total. The predicted molar refractivity (Wildman–Crippen MR) is 96.8 cm³/mol. The van der Waals surface area contributed by atoms with Crippen molar-refractivity contribution in [1.82, 2.24) is 0 Å². The van der Waals surface area contributed by atoms with Crippen LogP contribution in [0.4, 0.5) is 11.4 Å². The normalized spacial score (nSPS) is 10.2. The van der Waals surface area contributed by atoms with E-state index in [4.69, 9.17) is 9.47 Å². The molecule has 2 aromatic carbocycles. The fourth-order valence-electron chi connectivity index (χ4n) is 2.08. The molecule has 0 aliphatic heterocycles. The molecule has 0 atom stereocenters. The number of hydrogen-bond donors (Lipinski definition) is 0. The molecule has 0 radical (unpaired) electrons. The van der Waals surface area contributed by atoms with Gasteiger partial charge in [-0.3, -0.25) is 14.9 Å². The second kappa shape index (κ2) is 8.39. The Labute approximate surface area is 149 Å². The minimum absolute atomic E-state index is 0.0260. The van der Waals surface area contributed by atoms with E-state index < -0.39 is 4.92 Å². The van der Waals surface area contributed by atoms with Crippen LogP contribution >= 0.6 is 11.8 Å². The molecule has 8 heteroatoms. The van der Waals surface area contributed by atoms with Crippen molar-refractivity contribution in [3.05, 3.63) is 52.6 Å². The molecule has 0 spiro atoms. The SMILES string of the molecule is COc1ccc(N(C)C(=O)CSc2ccc([N+](=O)[O-])cc2)cc1OC. The van der Waals surface area contributed by atoms with Gasteiger partial charge in [0.15, 0.2) is 11.5 Å². The number of amides is 1. The molecule has 0 unspecified atom stereocenters. The summed E-state index contributed by atoms with van der Waals surface area (Å²) in [5.74, 6) is 1.24. The number of anilines is 1. The number of hydrogen-bond acceptors (Lipinski definition) is 6. The molecule has 7 nitrogen and oxygen atoms in total. The molecular weight excluding hydrogens is 344 g/mol. The minimum atomic E-state index is -0.454. The minimum Gasteiger partial charge on any atom is -0.493 e. The molecule has 0 aliphatic carbocycles. The number of non-ortho nitro benzene ring substituents is 1. The van der Waals surface area contributed by atoms with Crippen LogP contribution in [0, 0.1) is 10.1 Å². The van der Waals surface area contributed by atoms with Crippen molar-refractivity contribution < 1.29 is 19.2 Å². The van der Waals surface area contributed by atoms with Gasteiger partial charge >= 0.3 is 0 Å². The third-order valence-electron chi connectivity index (χ3n) is 3.54. The topological polar surface area (TPSA) is 81.9 Å². The van der Waals surface area contributed by atoms with E-state index in [9.17, 15) is 14.9 Å². The lowest BCUT2D eigenvalue weighted by molar-refractivity contribution is -0.384. The summed E-state index contributed by atoms with van der Waals surface area (Å²) in [5, 5.41) is 10.6. The van der Waals surface area contributed by atoms with E-state index in [1.54, 1.807) is 44.5 Å². The average molecular weight is 362 g/mol. The van der Waals surface area contributed by atoms with E-state index >= 15 is 0 Å². The van der Waals surface area contributed by atoms with Crippen LogP contribution in [0.2, 0.25) is 0 Å². The monoisotopic (exact) mass is 362 g/mol. The second-order valence-electron chi connectivity index (χ2n) is 5.03.